The Morgan fingerprint density at radius 3 is 2.16 bits per heavy atom. The van der Waals surface area contributed by atoms with Gasteiger partial charge in [-0.2, -0.15) is 0 Å². The number of rotatable bonds is 2. The average Bonchev–Trinajstić information content (AvgIpc) is 3.13. The van der Waals surface area contributed by atoms with Gasteiger partial charge in [0.2, 0.25) is 11.8 Å². The van der Waals surface area contributed by atoms with E-state index in [9.17, 15) is 19.2 Å². The molecule has 2 bridgehead atoms. The summed E-state index contributed by atoms with van der Waals surface area (Å²) in [5.74, 6) is -1.86. The minimum Gasteiger partial charge on any atom is -0.368 e. The number of benzene rings is 1. The molecule has 4 aliphatic rings. The fourth-order valence-electron chi connectivity index (χ4n) is 5.86. The number of piperazine rings is 1. The van der Waals surface area contributed by atoms with E-state index in [2.05, 4.69) is 35.9 Å². The summed E-state index contributed by atoms with van der Waals surface area (Å²) in [6.45, 7) is 8.57. The van der Waals surface area contributed by atoms with Crippen molar-refractivity contribution in [3.63, 3.8) is 0 Å². The van der Waals surface area contributed by atoms with Crippen LogP contribution in [0.2, 0.25) is 0 Å². The SMILES string of the molecule is CC(C)(C)N1C2CCC1CN(c1ccc3c(c1)C(=O)N([C@@H]1CCC(=O)NC1=O)C3=O)C2. The van der Waals surface area contributed by atoms with E-state index in [1.807, 2.05) is 6.07 Å². The molecule has 0 spiro atoms. The lowest BCUT2D eigenvalue weighted by molar-refractivity contribution is -0.136. The van der Waals surface area contributed by atoms with Crippen molar-refractivity contribution in [3.8, 4) is 0 Å². The molecule has 4 heterocycles. The van der Waals surface area contributed by atoms with Crippen molar-refractivity contribution in [3.05, 3.63) is 29.3 Å². The second-order valence-corrected chi connectivity index (χ2v) is 10.0. The molecule has 164 valence electrons. The van der Waals surface area contributed by atoms with Crippen LogP contribution in [0.3, 0.4) is 0 Å². The minimum absolute atomic E-state index is 0.121. The number of anilines is 1. The van der Waals surface area contributed by atoms with Gasteiger partial charge in [0.25, 0.3) is 11.8 Å². The minimum atomic E-state index is -0.931. The maximum atomic E-state index is 13.1. The quantitative estimate of drug-likeness (QED) is 0.725. The van der Waals surface area contributed by atoms with Crippen molar-refractivity contribution >= 4 is 29.3 Å². The molecule has 0 aliphatic carbocycles. The monoisotopic (exact) mass is 424 g/mol. The summed E-state index contributed by atoms with van der Waals surface area (Å²) >= 11 is 0. The molecular formula is C23H28N4O4. The summed E-state index contributed by atoms with van der Waals surface area (Å²) in [7, 11) is 0. The highest BCUT2D eigenvalue weighted by atomic mass is 16.2. The largest absolute Gasteiger partial charge is 0.368 e. The Labute approximate surface area is 181 Å². The third-order valence-electron chi connectivity index (χ3n) is 7.05. The Bertz CT molecular complexity index is 984. The zero-order chi connectivity index (χ0) is 22.1. The van der Waals surface area contributed by atoms with Crippen LogP contribution >= 0.6 is 0 Å². The van der Waals surface area contributed by atoms with E-state index >= 15 is 0 Å². The number of amides is 4. The lowest BCUT2D eigenvalue weighted by Crippen LogP contribution is -2.60. The van der Waals surface area contributed by atoms with E-state index in [0.717, 1.165) is 23.7 Å². The second kappa shape index (κ2) is 6.88. The number of piperidine rings is 1. The lowest BCUT2D eigenvalue weighted by Gasteiger charge is -2.48. The standard InChI is InChI=1S/C23H28N4O4/c1-23(2,3)27-14-4-5-15(27)12-25(11-14)13-6-7-16-17(10-13)22(31)26(21(16)30)18-8-9-19(28)24-20(18)29/h6-7,10,14-15,18H,4-5,8-9,11-12H2,1-3H3,(H,24,28,29)/t14?,15?,18-/m1/s1. The van der Waals surface area contributed by atoms with E-state index in [-0.39, 0.29) is 24.3 Å². The van der Waals surface area contributed by atoms with Crippen molar-refractivity contribution in [2.45, 2.75) is 70.1 Å². The highest BCUT2D eigenvalue weighted by Crippen LogP contribution is 2.38. The first-order valence-corrected chi connectivity index (χ1v) is 11.0. The van der Waals surface area contributed by atoms with Crippen molar-refractivity contribution < 1.29 is 19.2 Å². The average molecular weight is 425 g/mol. The van der Waals surface area contributed by atoms with E-state index in [1.165, 1.54) is 12.8 Å². The summed E-state index contributed by atoms with van der Waals surface area (Å²) in [5.41, 5.74) is 1.74. The third-order valence-corrected chi connectivity index (χ3v) is 7.05. The Morgan fingerprint density at radius 2 is 1.55 bits per heavy atom. The summed E-state index contributed by atoms with van der Waals surface area (Å²) < 4.78 is 0. The van der Waals surface area contributed by atoms with Crippen molar-refractivity contribution in [1.82, 2.24) is 15.1 Å². The number of hydrogen-bond donors (Lipinski definition) is 1. The molecule has 5 rings (SSSR count). The van der Waals surface area contributed by atoms with Crippen LogP contribution in [0.4, 0.5) is 5.69 Å². The second-order valence-electron chi connectivity index (χ2n) is 10.0. The van der Waals surface area contributed by atoms with Crippen LogP contribution in [0.25, 0.3) is 0 Å². The number of fused-ring (bicyclic) bond motifs is 3. The normalized spacial score (nSPS) is 28.9. The predicted octanol–water partition coefficient (Wildman–Crippen LogP) is 1.54. The van der Waals surface area contributed by atoms with Crippen LogP contribution in [-0.2, 0) is 9.59 Å². The molecule has 0 aromatic heterocycles. The Morgan fingerprint density at radius 1 is 0.903 bits per heavy atom. The van der Waals surface area contributed by atoms with Gasteiger partial charge in [0, 0.05) is 42.8 Å². The molecule has 1 N–H and O–H groups in total. The van der Waals surface area contributed by atoms with Gasteiger partial charge in [-0.25, -0.2) is 0 Å². The molecule has 3 fully saturated rings. The number of carbonyl (C=O) groups is 4. The van der Waals surface area contributed by atoms with Gasteiger partial charge < -0.3 is 4.90 Å². The Hall–Kier alpha value is -2.74. The zero-order valence-corrected chi connectivity index (χ0v) is 18.2. The van der Waals surface area contributed by atoms with Gasteiger partial charge in [0.15, 0.2) is 0 Å². The first-order chi connectivity index (χ1) is 14.6. The molecule has 3 saturated heterocycles. The van der Waals surface area contributed by atoms with E-state index in [1.54, 1.807) is 12.1 Å². The highest BCUT2D eigenvalue weighted by Gasteiger charge is 2.47. The number of hydrogen-bond acceptors (Lipinski definition) is 6. The molecule has 8 heteroatoms. The third kappa shape index (κ3) is 3.15. The van der Waals surface area contributed by atoms with Crippen molar-refractivity contribution in [2.24, 2.45) is 0 Å². The zero-order valence-electron chi connectivity index (χ0n) is 18.2. The summed E-state index contributed by atoms with van der Waals surface area (Å²) in [6, 6.07) is 5.43. The maximum Gasteiger partial charge on any atom is 0.262 e. The van der Waals surface area contributed by atoms with E-state index in [0.29, 0.717) is 23.2 Å². The molecular weight excluding hydrogens is 396 g/mol. The van der Waals surface area contributed by atoms with Crippen LogP contribution in [-0.4, -0.2) is 70.2 Å². The Kier molecular flexibility index (Phi) is 4.48. The van der Waals surface area contributed by atoms with Gasteiger partial charge in [-0.05, 0) is 58.2 Å². The molecule has 3 atom stereocenters. The topological polar surface area (TPSA) is 90.0 Å². The number of carbonyl (C=O) groups excluding carboxylic acids is 4. The molecule has 1 aromatic rings. The van der Waals surface area contributed by atoms with E-state index in [4.69, 9.17) is 0 Å². The van der Waals surface area contributed by atoms with Crippen LogP contribution in [0, 0.1) is 0 Å². The van der Waals surface area contributed by atoms with Gasteiger partial charge in [0.05, 0.1) is 11.1 Å². The first kappa shape index (κ1) is 20.2. The van der Waals surface area contributed by atoms with Crippen molar-refractivity contribution in [1.29, 1.82) is 0 Å². The number of nitrogens with zero attached hydrogens (tertiary/aromatic N) is 3. The van der Waals surface area contributed by atoms with Gasteiger partial charge >= 0.3 is 0 Å². The summed E-state index contributed by atoms with van der Waals surface area (Å²) in [6.07, 6.45) is 2.63. The van der Waals surface area contributed by atoms with Crippen LogP contribution in [0.1, 0.15) is 67.2 Å². The molecule has 0 radical (unpaired) electrons. The van der Waals surface area contributed by atoms with Crippen LogP contribution < -0.4 is 10.2 Å². The summed E-state index contributed by atoms with van der Waals surface area (Å²) in [4.78, 5) is 55.7. The number of nitrogens with one attached hydrogen (secondary N) is 1. The Balaban J connectivity index is 1.39. The molecule has 1 aromatic carbocycles. The predicted molar refractivity (Wildman–Crippen MR) is 114 cm³/mol. The number of imide groups is 2. The molecule has 8 nitrogen and oxygen atoms in total. The van der Waals surface area contributed by atoms with Crippen molar-refractivity contribution in [2.75, 3.05) is 18.0 Å². The molecule has 4 aliphatic heterocycles. The van der Waals surface area contributed by atoms with Gasteiger partial charge in [-0.1, -0.05) is 0 Å². The van der Waals surface area contributed by atoms with Crippen LogP contribution in [0.5, 0.6) is 0 Å². The fourth-order valence-corrected chi connectivity index (χ4v) is 5.86. The highest BCUT2D eigenvalue weighted by molar-refractivity contribution is 6.23. The van der Waals surface area contributed by atoms with Gasteiger partial charge in [-0.15, -0.1) is 0 Å². The fraction of sp³-hybridized carbons (Fsp3) is 0.565. The smallest absolute Gasteiger partial charge is 0.262 e. The first-order valence-electron chi connectivity index (χ1n) is 11.0. The molecule has 31 heavy (non-hydrogen) atoms. The lowest BCUT2D eigenvalue weighted by atomic mass is 9.99. The van der Waals surface area contributed by atoms with Gasteiger partial charge in [-0.3, -0.25) is 34.3 Å². The maximum absolute atomic E-state index is 13.1. The summed E-state index contributed by atoms with van der Waals surface area (Å²) in [5, 5.41) is 2.23. The molecule has 4 amide bonds. The molecule has 2 unspecified atom stereocenters. The van der Waals surface area contributed by atoms with E-state index < -0.39 is 23.8 Å². The van der Waals surface area contributed by atoms with Crippen LogP contribution in [0.15, 0.2) is 18.2 Å². The molecule has 0 saturated carbocycles. The van der Waals surface area contributed by atoms with Gasteiger partial charge in [0.1, 0.15) is 6.04 Å².